The van der Waals surface area contributed by atoms with Gasteiger partial charge in [0.2, 0.25) is 0 Å². The Morgan fingerprint density at radius 1 is 1.33 bits per heavy atom. The van der Waals surface area contributed by atoms with E-state index in [-0.39, 0.29) is 12.0 Å². The number of nitrogens with two attached hydrogens (primary N) is 1. The summed E-state index contributed by atoms with van der Waals surface area (Å²) in [6.07, 6.45) is 13.4. The van der Waals surface area contributed by atoms with Gasteiger partial charge in [0.25, 0.3) is 0 Å². The number of fused-ring (bicyclic) bond motifs is 1. The number of allylic oxidation sites excluding steroid dienone is 3. The summed E-state index contributed by atoms with van der Waals surface area (Å²) < 4.78 is 1.07. The van der Waals surface area contributed by atoms with E-state index in [9.17, 15) is 0 Å². The van der Waals surface area contributed by atoms with E-state index in [4.69, 9.17) is 17.3 Å². The van der Waals surface area contributed by atoms with E-state index in [0.717, 1.165) is 52.2 Å². The van der Waals surface area contributed by atoms with Gasteiger partial charge in [-0.3, -0.25) is 4.98 Å². The topological polar surface area (TPSA) is 63.8 Å². The average molecular weight is 493 g/mol. The number of halogens is 1. The monoisotopic (exact) mass is 492 g/mol. The summed E-state index contributed by atoms with van der Waals surface area (Å²) in [4.78, 5) is 10.0. The maximum Gasteiger partial charge on any atom is 0.131 e. The lowest BCUT2D eigenvalue weighted by atomic mass is 9.87. The third kappa shape index (κ3) is 5.87. The fourth-order valence-electron chi connectivity index (χ4n) is 3.70. The molecule has 4 nitrogen and oxygen atoms in total. The summed E-state index contributed by atoms with van der Waals surface area (Å²) in [6.45, 7) is 4.50. The molecule has 3 heterocycles. The summed E-state index contributed by atoms with van der Waals surface area (Å²) in [7, 11) is 0. The van der Waals surface area contributed by atoms with Gasteiger partial charge in [0.1, 0.15) is 10.7 Å². The van der Waals surface area contributed by atoms with Gasteiger partial charge in [-0.1, -0.05) is 54.3 Å². The number of aromatic nitrogens is 2. The Hall–Kier alpha value is -2.56. The van der Waals surface area contributed by atoms with E-state index < -0.39 is 0 Å². The molecule has 33 heavy (non-hydrogen) atoms. The average Bonchev–Trinajstić information content (AvgIpc) is 3.19. The van der Waals surface area contributed by atoms with Crippen molar-refractivity contribution in [1.29, 1.82) is 0 Å². The van der Waals surface area contributed by atoms with Crippen molar-refractivity contribution < 1.29 is 0 Å². The first-order chi connectivity index (χ1) is 16.2. The largest absolute Gasteiger partial charge is 0.383 e. The molecule has 0 spiro atoms. The van der Waals surface area contributed by atoms with Crippen molar-refractivity contribution in [3.63, 3.8) is 0 Å². The summed E-state index contributed by atoms with van der Waals surface area (Å²) in [5.74, 6) is 7.78. The van der Waals surface area contributed by atoms with Crippen LogP contribution in [0.4, 0.5) is 5.69 Å². The molecule has 0 aromatic carbocycles. The Kier molecular flexibility index (Phi) is 8.25. The third-order valence-corrected chi connectivity index (χ3v) is 7.62. The Morgan fingerprint density at radius 3 is 3.00 bits per heavy atom. The quantitative estimate of drug-likeness (QED) is 0.132. The van der Waals surface area contributed by atoms with Crippen LogP contribution >= 0.6 is 34.7 Å². The second kappa shape index (κ2) is 11.5. The molecule has 4 rings (SSSR count). The molecule has 1 aliphatic carbocycles. The minimum atomic E-state index is 0.0573. The molecule has 3 aromatic heterocycles. The molecule has 0 fully saturated rings. The summed E-state index contributed by atoms with van der Waals surface area (Å²) in [5, 5.41) is 6.02. The third-order valence-electron chi connectivity index (χ3n) is 5.30. The van der Waals surface area contributed by atoms with Crippen molar-refractivity contribution in [3.8, 4) is 11.8 Å². The minimum Gasteiger partial charge on any atom is -0.383 e. The van der Waals surface area contributed by atoms with Gasteiger partial charge in [-0.25, -0.2) is 4.98 Å². The van der Waals surface area contributed by atoms with Gasteiger partial charge in [0.15, 0.2) is 0 Å². The number of thioether (sulfide) groups is 1. The first kappa shape index (κ1) is 23.6. The summed E-state index contributed by atoms with van der Waals surface area (Å²) in [5.41, 5.74) is 10.1. The van der Waals surface area contributed by atoms with E-state index in [0.29, 0.717) is 5.15 Å². The SMILES string of the molecule is C=C/C=C\SCCNc1cc(Cl)nc2c(C#Cc3cccnc3)c([C@H]3CC=CC[C@@H]3N)sc12. The van der Waals surface area contributed by atoms with Crippen LogP contribution in [0.15, 0.2) is 66.9 Å². The lowest BCUT2D eigenvalue weighted by Crippen LogP contribution is -2.29. The molecule has 0 bridgehead atoms. The molecule has 3 aromatic rings. The Balaban J connectivity index is 1.74. The lowest BCUT2D eigenvalue weighted by Gasteiger charge is -2.24. The number of rotatable bonds is 7. The number of hydrogen-bond donors (Lipinski definition) is 2. The molecule has 168 valence electrons. The normalized spacial score (nSPS) is 17.8. The van der Waals surface area contributed by atoms with Gasteiger partial charge in [-0.2, -0.15) is 0 Å². The molecular weight excluding hydrogens is 468 g/mol. The van der Waals surface area contributed by atoms with E-state index in [1.54, 1.807) is 41.6 Å². The fourth-order valence-corrected chi connectivity index (χ4v) is 5.85. The van der Waals surface area contributed by atoms with Crippen molar-refractivity contribution in [2.75, 3.05) is 17.6 Å². The standard InChI is InChI=1S/C26H25ClN4S2/c1-2-3-14-32-15-13-30-22-16-23(27)31-24-20(11-10-18-7-6-12-29-17-18)25(33-26(22)24)19-8-4-5-9-21(19)28/h2-7,12,14,16-17,19,21H,1,8-9,13,15,28H2,(H,30,31)/b14-3-/t19-,21-/m0/s1. The van der Waals surface area contributed by atoms with Crippen LogP contribution in [0.1, 0.15) is 34.8 Å². The van der Waals surface area contributed by atoms with Crippen LogP contribution in [0, 0.1) is 11.8 Å². The number of hydrogen-bond acceptors (Lipinski definition) is 6. The van der Waals surface area contributed by atoms with Crippen LogP contribution in [-0.4, -0.2) is 28.3 Å². The molecule has 7 heteroatoms. The molecule has 0 unspecified atom stereocenters. The second-order valence-electron chi connectivity index (χ2n) is 7.58. The number of anilines is 1. The highest BCUT2D eigenvalue weighted by molar-refractivity contribution is 8.02. The minimum absolute atomic E-state index is 0.0573. The van der Waals surface area contributed by atoms with Gasteiger partial charge >= 0.3 is 0 Å². The summed E-state index contributed by atoms with van der Waals surface area (Å²) in [6, 6.07) is 5.79. The maximum absolute atomic E-state index is 6.53. The zero-order chi connectivity index (χ0) is 23.0. The van der Waals surface area contributed by atoms with Gasteiger partial charge < -0.3 is 11.1 Å². The van der Waals surface area contributed by atoms with E-state index in [1.165, 1.54) is 4.88 Å². The fraction of sp³-hybridized carbons (Fsp3) is 0.231. The maximum atomic E-state index is 6.53. The van der Waals surface area contributed by atoms with E-state index >= 15 is 0 Å². The predicted octanol–water partition coefficient (Wildman–Crippen LogP) is 6.35. The number of thiophene rings is 1. The van der Waals surface area contributed by atoms with Crippen molar-refractivity contribution in [2.45, 2.75) is 24.8 Å². The zero-order valence-electron chi connectivity index (χ0n) is 18.1. The van der Waals surface area contributed by atoms with Crippen LogP contribution in [0.25, 0.3) is 10.2 Å². The van der Waals surface area contributed by atoms with Crippen LogP contribution < -0.4 is 11.1 Å². The second-order valence-corrected chi connectivity index (χ2v) is 10.0. The van der Waals surface area contributed by atoms with Gasteiger partial charge in [-0.15, -0.1) is 23.1 Å². The highest BCUT2D eigenvalue weighted by Gasteiger charge is 2.27. The Labute approximate surface area is 208 Å². The molecule has 0 radical (unpaired) electrons. The summed E-state index contributed by atoms with van der Waals surface area (Å²) >= 11 is 9.91. The van der Waals surface area contributed by atoms with Crippen LogP contribution in [0.5, 0.6) is 0 Å². The lowest BCUT2D eigenvalue weighted by molar-refractivity contribution is 0.527. The molecule has 0 aliphatic heterocycles. The number of nitrogens with one attached hydrogen (secondary N) is 1. The highest BCUT2D eigenvalue weighted by Crippen LogP contribution is 2.43. The van der Waals surface area contributed by atoms with Gasteiger partial charge in [0.05, 0.1) is 16.0 Å². The van der Waals surface area contributed by atoms with Crippen molar-refractivity contribution in [2.24, 2.45) is 5.73 Å². The van der Waals surface area contributed by atoms with Gasteiger partial charge in [-0.05, 0) is 30.4 Å². The van der Waals surface area contributed by atoms with Crippen molar-refractivity contribution in [1.82, 2.24) is 9.97 Å². The molecular formula is C26H25ClN4S2. The molecule has 3 N–H and O–H groups in total. The number of pyridine rings is 2. The first-order valence-corrected chi connectivity index (χ1v) is 13.0. The van der Waals surface area contributed by atoms with Crippen LogP contribution in [0.2, 0.25) is 5.15 Å². The van der Waals surface area contributed by atoms with Gasteiger partial charge in [0, 0.05) is 53.2 Å². The predicted molar refractivity (Wildman–Crippen MR) is 144 cm³/mol. The molecule has 2 atom stereocenters. The zero-order valence-corrected chi connectivity index (χ0v) is 20.5. The van der Waals surface area contributed by atoms with Crippen LogP contribution in [-0.2, 0) is 0 Å². The van der Waals surface area contributed by atoms with Crippen molar-refractivity contribution >= 4 is 50.6 Å². The molecule has 1 aliphatic rings. The van der Waals surface area contributed by atoms with Crippen molar-refractivity contribution in [3.05, 3.63) is 88.0 Å². The highest BCUT2D eigenvalue weighted by atomic mass is 35.5. The number of nitrogens with zero attached hydrogens (tertiary/aromatic N) is 2. The smallest absolute Gasteiger partial charge is 0.131 e. The molecule has 0 saturated heterocycles. The van der Waals surface area contributed by atoms with Crippen LogP contribution in [0.3, 0.4) is 0 Å². The Morgan fingerprint density at radius 2 is 2.21 bits per heavy atom. The van der Waals surface area contributed by atoms with E-state index in [1.807, 2.05) is 29.7 Å². The van der Waals surface area contributed by atoms with E-state index in [2.05, 4.69) is 45.9 Å². The molecule has 0 saturated carbocycles. The first-order valence-electron chi connectivity index (χ1n) is 10.8. The molecule has 0 amide bonds. The Bertz CT molecular complexity index is 1240.